The summed E-state index contributed by atoms with van der Waals surface area (Å²) in [5, 5.41) is 17.6. The molecule has 0 saturated heterocycles. The van der Waals surface area contributed by atoms with Crippen LogP contribution in [0.1, 0.15) is 37.0 Å². The Morgan fingerprint density at radius 2 is 1.69 bits per heavy atom. The van der Waals surface area contributed by atoms with Gasteiger partial charge < -0.3 is 24.8 Å². The number of hydrogen-bond acceptors (Lipinski definition) is 10. The van der Waals surface area contributed by atoms with Gasteiger partial charge in [-0.3, -0.25) is 14.2 Å². The second kappa shape index (κ2) is 15.1. The quantitative estimate of drug-likeness (QED) is 0.161. The molecule has 11 nitrogen and oxygen atoms in total. The molecule has 2 amide bonds. The van der Waals surface area contributed by atoms with E-state index in [0.29, 0.717) is 74.5 Å². The molecule has 2 aromatic carbocycles. The predicted molar refractivity (Wildman–Crippen MR) is 164 cm³/mol. The lowest BCUT2D eigenvalue weighted by Crippen LogP contribution is -2.25. The average molecular weight is 652 g/mol. The topological polar surface area (TPSA) is 129 Å². The van der Waals surface area contributed by atoms with Crippen molar-refractivity contribution in [3.63, 3.8) is 0 Å². The van der Waals surface area contributed by atoms with Crippen LogP contribution in [0.25, 0.3) is 5.69 Å². The largest absolute Gasteiger partial charge is 0.490 e. The number of rotatable bonds is 14. The lowest BCUT2D eigenvalue weighted by atomic mass is 10.1. The molecule has 0 bridgehead atoms. The number of halogens is 2. The molecule has 42 heavy (non-hydrogen) atoms. The highest BCUT2D eigenvalue weighted by molar-refractivity contribution is 7.99. The fourth-order valence-corrected chi connectivity index (χ4v) is 5.35. The zero-order valence-corrected chi connectivity index (χ0v) is 26.1. The maximum Gasteiger partial charge on any atom is 0.251 e. The van der Waals surface area contributed by atoms with E-state index in [1.807, 2.05) is 20.8 Å². The van der Waals surface area contributed by atoms with Crippen molar-refractivity contribution in [2.75, 3.05) is 30.9 Å². The average Bonchev–Trinajstić information content (AvgIpc) is 3.63. The van der Waals surface area contributed by atoms with Crippen molar-refractivity contribution in [1.82, 2.24) is 25.1 Å². The van der Waals surface area contributed by atoms with Gasteiger partial charge in [0.1, 0.15) is 0 Å². The molecule has 0 spiro atoms. The summed E-state index contributed by atoms with van der Waals surface area (Å²) in [6.07, 6.45) is 1.61. The molecule has 0 atom stereocenters. The first-order chi connectivity index (χ1) is 20.3. The zero-order valence-electron chi connectivity index (χ0n) is 23.0. The number of aromatic nitrogens is 4. The molecule has 2 N–H and O–H groups in total. The van der Waals surface area contributed by atoms with Crippen LogP contribution >= 0.6 is 46.3 Å². The molecule has 0 saturated carbocycles. The molecule has 222 valence electrons. The Morgan fingerprint density at radius 1 is 0.976 bits per heavy atom. The van der Waals surface area contributed by atoms with E-state index in [9.17, 15) is 9.59 Å². The summed E-state index contributed by atoms with van der Waals surface area (Å²) < 4.78 is 18.9. The standard InChI is InChI=1S/C27H28Cl2N6O5S2/c1-4-38-20-11-16(12-21(39-5-2)24(20)40-6-3)25(37)31-14-22-33-34-27(35(22)17-7-8-18(28)19(29)13-17)42-15-23(36)32-26-30-9-10-41-26/h7-13H,4-6,14-15H2,1-3H3,(H,31,37)(H,30,32,36). The van der Waals surface area contributed by atoms with E-state index in [0.717, 1.165) is 0 Å². The van der Waals surface area contributed by atoms with Crippen molar-refractivity contribution >= 4 is 63.2 Å². The minimum absolute atomic E-state index is 0.0130. The normalized spacial score (nSPS) is 10.8. The summed E-state index contributed by atoms with van der Waals surface area (Å²) in [5.74, 6) is 1.08. The zero-order chi connectivity index (χ0) is 30.1. The minimum atomic E-state index is -0.388. The van der Waals surface area contributed by atoms with E-state index in [1.165, 1.54) is 23.1 Å². The third-order valence-electron chi connectivity index (χ3n) is 5.45. The second-order valence-electron chi connectivity index (χ2n) is 8.29. The van der Waals surface area contributed by atoms with Crippen LogP contribution in [0.3, 0.4) is 0 Å². The number of anilines is 1. The molecule has 4 aromatic rings. The SMILES string of the molecule is CCOc1cc(C(=O)NCc2nnc(SCC(=O)Nc3nccs3)n2-c2ccc(Cl)c(Cl)c2)cc(OCC)c1OCC. The Balaban J connectivity index is 1.57. The molecular formula is C27H28Cl2N6O5S2. The van der Waals surface area contributed by atoms with E-state index in [2.05, 4.69) is 25.8 Å². The molecule has 2 aromatic heterocycles. The third-order valence-corrected chi connectivity index (χ3v) is 7.81. The Labute approximate surface area is 260 Å². The number of carbonyl (C=O) groups excluding carboxylic acids is 2. The van der Waals surface area contributed by atoms with Crippen LogP contribution in [0.2, 0.25) is 10.0 Å². The molecule has 4 rings (SSSR count). The number of carbonyl (C=O) groups is 2. The molecule has 0 aliphatic carbocycles. The molecular weight excluding hydrogens is 623 g/mol. The van der Waals surface area contributed by atoms with Gasteiger partial charge in [0.25, 0.3) is 5.91 Å². The van der Waals surface area contributed by atoms with Crippen molar-refractivity contribution in [1.29, 1.82) is 0 Å². The Bertz CT molecular complexity index is 1510. The van der Waals surface area contributed by atoms with Gasteiger partial charge in [-0.2, -0.15) is 0 Å². The van der Waals surface area contributed by atoms with E-state index in [4.69, 9.17) is 37.4 Å². The van der Waals surface area contributed by atoms with Crippen molar-refractivity contribution in [3.8, 4) is 22.9 Å². The Kier molecular flexibility index (Phi) is 11.3. The van der Waals surface area contributed by atoms with Crippen LogP contribution in [-0.4, -0.2) is 57.1 Å². The van der Waals surface area contributed by atoms with Gasteiger partial charge in [-0.15, -0.1) is 21.5 Å². The molecule has 0 aliphatic heterocycles. The minimum Gasteiger partial charge on any atom is -0.490 e. The van der Waals surface area contributed by atoms with Gasteiger partial charge in [-0.05, 0) is 51.1 Å². The number of nitrogens with one attached hydrogen (secondary N) is 2. The highest BCUT2D eigenvalue weighted by atomic mass is 35.5. The Morgan fingerprint density at radius 3 is 2.31 bits per heavy atom. The van der Waals surface area contributed by atoms with Crippen LogP contribution < -0.4 is 24.8 Å². The summed E-state index contributed by atoms with van der Waals surface area (Å²) in [6, 6.07) is 8.28. The summed E-state index contributed by atoms with van der Waals surface area (Å²) in [5.41, 5.74) is 0.930. The van der Waals surface area contributed by atoms with E-state index < -0.39 is 0 Å². The fourth-order valence-electron chi connectivity index (χ4n) is 3.74. The molecule has 2 heterocycles. The molecule has 0 radical (unpaired) electrons. The first kappa shape index (κ1) is 31.4. The van der Waals surface area contributed by atoms with Gasteiger partial charge >= 0.3 is 0 Å². The van der Waals surface area contributed by atoms with Crippen molar-refractivity contribution in [3.05, 3.63) is 63.3 Å². The predicted octanol–water partition coefficient (Wildman–Crippen LogP) is 5.89. The van der Waals surface area contributed by atoms with Crippen molar-refractivity contribution in [2.45, 2.75) is 32.5 Å². The molecule has 15 heteroatoms. The first-order valence-electron chi connectivity index (χ1n) is 12.9. The van der Waals surface area contributed by atoms with Crippen LogP contribution in [0, 0.1) is 0 Å². The second-order valence-corrected chi connectivity index (χ2v) is 10.9. The van der Waals surface area contributed by atoms with Gasteiger partial charge in [0, 0.05) is 17.1 Å². The highest BCUT2D eigenvalue weighted by Crippen LogP contribution is 2.39. The number of thioether (sulfide) groups is 1. The maximum atomic E-state index is 13.3. The van der Waals surface area contributed by atoms with Gasteiger partial charge in [0.2, 0.25) is 11.7 Å². The number of benzene rings is 2. The number of thiazole rings is 1. The van der Waals surface area contributed by atoms with Gasteiger partial charge in [-0.1, -0.05) is 35.0 Å². The smallest absolute Gasteiger partial charge is 0.251 e. The summed E-state index contributed by atoms with van der Waals surface area (Å²) >= 11 is 14.9. The first-order valence-corrected chi connectivity index (χ1v) is 15.5. The van der Waals surface area contributed by atoms with E-state index in [1.54, 1.807) is 46.5 Å². The number of nitrogens with zero attached hydrogens (tertiary/aromatic N) is 4. The fraction of sp³-hybridized carbons (Fsp3) is 0.296. The van der Waals surface area contributed by atoms with Crippen LogP contribution in [-0.2, 0) is 11.3 Å². The monoisotopic (exact) mass is 650 g/mol. The number of amides is 2. The maximum absolute atomic E-state index is 13.3. The van der Waals surface area contributed by atoms with Gasteiger partial charge in [-0.25, -0.2) is 4.98 Å². The third kappa shape index (κ3) is 7.85. The number of ether oxygens (including phenoxy) is 3. The highest BCUT2D eigenvalue weighted by Gasteiger charge is 2.21. The molecule has 0 aliphatic rings. The van der Waals surface area contributed by atoms with Crippen molar-refractivity contribution in [2.24, 2.45) is 0 Å². The van der Waals surface area contributed by atoms with Crippen LogP contribution in [0.5, 0.6) is 17.2 Å². The summed E-state index contributed by atoms with van der Waals surface area (Å²) in [4.78, 5) is 29.8. The molecule has 0 fully saturated rings. The van der Waals surface area contributed by atoms with E-state index in [-0.39, 0.29) is 24.1 Å². The van der Waals surface area contributed by atoms with Crippen molar-refractivity contribution < 1.29 is 23.8 Å². The Hall–Kier alpha value is -3.52. The van der Waals surface area contributed by atoms with Gasteiger partial charge in [0.15, 0.2) is 27.6 Å². The lowest BCUT2D eigenvalue weighted by Gasteiger charge is -2.17. The summed E-state index contributed by atoms with van der Waals surface area (Å²) in [7, 11) is 0. The van der Waals surface area contributed by atoms with Crippen LogP contribution in [0.15, 0.2) is 47.1 Å². The van der Waals surface area contributed by atoms with E-state index >= 15 is 0 Å². The molecule has 0 unspecified atom stereocenters. The number of hydrogen-bond donors (Lipinski definition) is 2. The van der Waals surface area contributed by atoms with Gasteiger partial charge in [0.05, 0.1) is 47.9 Å². The summed E-state index contributed by atoms with van der Waals surface area (Å²) in [6.45, 7) is 6.73. The van der Waals surface area contributed by atoms with Crippen LogP contribution in [0.4, 0.5) is 5.13 Å². The lowest BCUT2D eigenvalue weighted by molar-refractivity contribution is -0.113.